The van der Waals surface area contributed by atoms with Gasteiger partial charge < -0.3 is 9.47 Å². The van der Waals surface area contributed by atoms with Gasteiger partial charge in [-0.25, -0.2) is 9.18 Å². The van der Waals surface area contributed by atoms with Crippen molar-refractivity contribution in [1.82, 2.24) is 0 Å². The number of carbonyl (C=O) groups is 1. The highest BCUT2D eigenvalue weighted by Gasteiger charge is 2.33. The maximum absolute atomic E-state index is 14.0. The van der Waals surface area contributed by atoms with Crippen LogP contribution in [-0.2, 0) is 4.74 Å². The van der Waals surface area contributed by atoms with Crippen molar-refractivity contribution in [3.63, 3.8) is 0 Å². The number of halogens is 4. The van der Waals surface area contributed by atoms with E-state index in [0.717, 1.165) is 19.1 Å². The number of rotatable bonds is 5. The lowest BCUT2D eigenvalue weighted by Gasteiger charge is -2.16. The summed E-state index contributed by atoms with van der Waals surface area (Å²) in [6, 6.07) is 9.14. The molecule has 2 aromatic carbocycles. The van der Waals surface area contributed by atoms with Crippen molar-refractivity contribution in [2.75, 3.05) is 7.11 Å². The van der Waals surface area contributed by atoms with E-state index in [4.69, 9.17) is 9.47 Å². The average molecular weight is 358 g/mol. The van der Waals surface area contributed by atoms with Crippen LogP contribution in [0.5, 0.6) is 11.5 Å². The number of alkyl halides is 3. The van der Waals surface area contributed by atoms with Crippen LogP contribution in [0.1, 0.15) is 28.9 Å². The molecule has 0 spiro atoms. The van der Waals surface area contributed by atoms with E-state index in [1.54, 1.807) is 12.1 Å². The molecule has 0 fully saturated rings. The van der Waals surface area contributed by atoms with Crippen LogP contribution in [0.2, 0.25) is 0 Å². The number of ether oxygens (including phenoxy) is 3. The van der Waals surface area contributed by atoms with Gasteiger partial charge in [0, 0.05) is 5.56 Å². The predicted molar refractivity (Wildman–Crippen MR) is 79.9 cm³/mol. The van der Waals surface area contributed by atoms with Crippen LogP contribution in [0.25, 0.3) is 0 Å². The number of hydrogen-bond acceptors (Lipinski definition) is 4. The minimum Gasteiger partial charge on any atom is -0.497 e. The van der Waals surface area contributed by atoms with Crippen LogP contribution >= 0.6 is 0 Å². The lowest BCUT2D eigenvalue weighted by atomic mass is 10.1. The summed E-state index contributed by atoms with van der Waals surface area (Å²) < 4.78 is 64.4. The van der Waals surface area contributed by atoms with Crippen LogP contribution in [0.4, 0.5) is 17.6 Å². The summed E-state index contributed by atoms with van der Waals surface area (Å²) in [7, 11) is 1.48. The summed E-state index contributed by atoms with van der Waals surface area (Å²) in [5.41, 5.74) is -0.463. The summed E-state index contributed by atoms with van der Waals surface area (Å²) >= 11 is 0. The molecule has 1 unspecified atom stereocenters. The quantitative estimate of drug-likeness (QED) is 0.443. The Kier molecular flexibility index (Phi) is 5.63. The molecule has 4 nitrogen and oxygen atoms in total. The normalized spacial score (nSPS) is 12.6. The minimum atomic E-state index is -4.89. The molecule has 0 aliphatic carbocycles. The lowest BCUT2D eigenvalue weighted by molar-refractivity contribution is -0.342. The van der Waals surface area contributed by atoms with E-state index in [9.17, 15) is 22.4 Å². The van der Waals surface area contributed by atoms with Gasteiger partial charge in [0.2, 0.25) is 0 Å². The molecule has 0 aromatic heterocycles. The number of carbonyl (C=O) groups excluding carboxylic acids is 1. The van der Waals surface area contributed by atoms with Crippen molar-refractivity contribution in [3.05, 3.63) is 59.4 Å². The Morgan fingerprint density at radius 3 is 2.16 bits per heavy atom. The SMILES string of the molecule is COc1ccc(OC(=O)c2ccc(C(C)OC(F)(F)F)c(F)c2)cc1. The van der Waals surface area contributed by atoms with Crippen molar-refractivity contribution >= 4 is 5.97 Å². The van der Waals surface area contributed by atoms with Gasteiger partial charge in [-0.1, -0.05) is 6.07 Å². The molecule has 1 atom stereocenters. The first-order valence-corrected chi connectivity index (χ1v) is 7.10. The third-order valence-corrected chi connectivity index (χ3v) is 3.25. The average Bonchev–Trinajstić information content (AvgIpc) is 2.53. The second-order valence-corrected chi connectivity index (χ2v) is 5.01. The van der Waals surface area contributed by atoms with Gasteiger partial charge in [-0.15, -0.1) is 13.2 Å². The highest BCUT2D eigenvalue weighted by Crippen LogP contribution is 2.29. The molecule has 0 saturated heterocycles. The second kappa shape index (κ2) is 7.52. The standard InChI is InChI=1S/C17H14F4O4/c1-10(25-17(19,20)21)14-8-3-11(9-15(14)18)16(22)24-13-6-4-12(23-2)5-7-13/h3-10H,1-2H3. The van der Waals surface area contributed by atoms with Crippen LogP contribution in [0.3, 0.4) is 0 Å². The Morgan fingerprint density at radius 2 is 1.64 bits per heavy atom. The Bertz CT molecular complexity index is 741. The molecule has 0 radical (unpaired) electrons. The van der Waals surface area contributed by atoms with Crippen molar-refractivity contribution in [1.29, 1.82) is 0 Å². The van der Waals surface area contributed by atoms with Gasteiger partial charge >= 0.3 is 12.3 Å². The maximum Gasteiger partial charge on any atom is 0.523 e. The molecule has 2 aromatic rings. The van der Waals surface area contributed by atoms with E-state index >= 15 is 0 Å². The first kappa shape index (κ1) is 18.7. The number of methoxy groups -OCH3 is 1. The van der Waals surface area contributed by atoms with E-state index in [-0.39, 0.29) is 16.9 Å². The van der Waals surface area contributed by atoms with Crippen molar-refractivity contribution in [2.45, 2.75) is 19.4 Å². The van der Waals surface area contributed by atoms with Crippen molar-refractivity contribution in [3.8, 4) is 11.5 Å². The summed E-state index contributed by atoms with van der Waals surface area (Å²) in [5, 5.41) is 0. The van der Waals surface area contributed by atoms with E-state index in [1.807, 2.05) is 0 Å². The third kappa shape index (κ3) is 5.18. The van der Waals surface area contributed by atoms with E-state index in [2.05, 4.69) is 4.74 Å². The van der Waals surface area contributed by atoms with Crippen LogP contribution in [-0.4, -0.2) is 19.4 Å². The Morgan fingerprint density at radius 1 is 1.04 bits per heavy atom. The zero-order chi connectivity index (χ0) is 18.6. The Labute approximate surface area is 140 Å². The van der Waals surface area contributed by atoms with Gasteiger partial charge in [0.25, 0.3) is 0 Å². The minimum absolute atomic E-state index is 0.142. The van der Waals surface area contributed by atoms with Crippen molar-refractivity contribution < 1.29 is 36.6 Å². The highest BCUT2D eigenvalue weighted by atomic mass is 19.4. The number of benzene rings is 2. The fourth-order valence-corrected chi connectivity index (χ4v) is 2.06. The second-order valence-electron chi connectivity index (χ2n) is 5.01. The molecular formula is C17H14F4O4. The molecule has 2 rings (SSSR count). The van der Waals surface area contributed by atoms with Crippen LogP contribution in [0.15, 0.2) is 42.5 Å². The van der Waals surface area contributed by atoms with Gasteiger partial charge in [0.05, 0.1) is 18.8 Å². The largest absolute Gasteiger partial charge is 0.523 e. The fourth-order valence-electron chi connectivity index (χ4n) is 2.06. The van der Waals surface area contributed by atoms with Gasteiger partial charge in [-0.3, -0.25) is 4.74 Å². The number of hydrogen-bond donors (Lipinski definition) is 0. The molecule has 134 valence electrons. The van der Waals surface area contributed by atoms with Crippen LogP contribution in [0, 0.1) is 5.82 Å². The molecule has 0 bridgehead atoms. The Hall–Kier alpha value is -2.61. The molecule has 0 amide bonds. The summed E-state index contributed by atoms with van der Waals surface area (Å²) in [5.74, 6) is -1.07. The van der Waals surface area contributed by atoms with Gasteiger partial charge in [0.15, 0.2) is 0 Å². The zero-order valence-corrected chi connectivity index (χ0v) is 13.3. The van der Waals surface area contributed by atoms with Gasteiger partial charge in [0.1, 0.15) is 17.3 Å². The summed E-state index contributed by atoms with van der Waals surface area (Å²) in [6.07, 6.45) is -6.44. The van der Waals surface area contributed by atoms with E-state index in [1.165, 1.54) is 25.3 Å². The molecule has 0 heterocycles. The molecule has 0 N–H and O–H groups in total. The molecule has 0 saturated carbocycles. The summed E-state index contributed by atoms with van der Waals surface area (Å²) in [6.45, 7) is 1.06. The lowest BCUT2D eigenvalue weighted by Crippen LogP contribution is -2.17. The van der Waals surface area contributed by atoms with Crippen LogP contribution < -0.4 is 9.47 Å². The molecule has 0 aliphatic heterocycles. The number of esters is 1. The molecule has 25 heavy (non-hydrogen) atoms. The zero-order valence-electron chi connectivity index (χ0n) is 13.3. The van der Waals surface area contributed by atoms with Gasteiger partial charge in [-0.2, -0.15) is 0 Å². The molecule has 8 heteroatoms. The van der Waals surface area contributed by atoms with E-state index < -0.39 is 24.3 Å². The predicted octanol–water partition coefficient (Wildman–Crippen LogP) is 4.65. The molecule has 0 aliphatic rings. The topological polar surface area (TPSA) is 44.8 Å². The first-order valence-electron chi connectivity index (χ1n) is 7.10. The smallest absolute Gasteiger partial charge is 0.497 e. The monoisotopic (exact) mass is 358 g/mol. The summed E-state index contributed by atoms with van der Waals surface area (Å²) in [4.78, 5) is 12.0. The third-order valence-electron chi connectivity index (χ3n) is 3.25. The first-order chi connectivity index (χ1) is 11.7. The Balaban J connectivity index is 2.11. The van der Waals surface area contributed by atoms with E-state index in [0.29, 0.717) is 5.75 Å². The highest BCUT2D eigenvalue weighted by molar-refractivity contribution is 5.91. The van der Waals surface area contributed by atoms with Crippen molar-refractivity contribution in [2.24, 2.45) is 0 Å². The molecular weight excluding hydrogens is 344 g/mol. The fraction of sp³-hybridized carbons (Fsp3) is 0.235. The van der Waals surface area contributed by atoms with Gasteiger partial charge in [-0.05, 0) is 43.3 Å². The maximum atomic E-state index is 14.0.